The summed E-state index contributed by atoms with van der Waals surface area (Å²) < 4.78 is 4.92. The Morgan fingerprint density at radius 1 is 1.50 bits per heavy atom. The highest BCUT2D eigenvalue weighted by molar-refractivity contribution is 4.94. The van der Waals surface area contributed by atoms with Crippen molar-refractivity contribution in [2.24, 2.45) is 0 Å². The molecule has 0 saturated carbocycles. The summed E-state index contributed by atoms with van der Waals surface area (Å²) in [5.41, 5.74) is -1.44. The van der Waals surface area contributed by atoms with E-state index in [0.717, 1.165) is 0 Å². The number of ether oxygens (including phenoxy) is 1. The van der Waals surface area contributed by atoms with Crippen LogP contribution in [0.5, 0.6) is 0 Å². The molecule has 0 aromatic heterocycles. The Morgan fingerprint density at radius 3 is 2.58 bits per heavy atom. The summed E-state index contributed by atoms with van der Waals surface area (Å²) in [5.74, 6) is 0. The van der Waals surface area contributed by atoms with Crippen LogP contribution in [0.1, 0.15) is 6.92 Å². The van der Waals surface area contributed by atoms with Gasteiger partial charge in [-0.3, -0.25) is 0 Å². The van der Waals surface area contributed by atoms with E-state index in [9.17, 15) is 15.3 Å². The summed E-state index contributed by atoms with van der Waals surface area (Å²) in [4.78, 5) is 0. The summed E-state index contributed by atoms with van der Waals surface area (Å²) >= 11 is 0. The lowest BCUT2D eigenvalue weighted by molar-refractivity contribution is -0.233. The molecule has 1 rings (SSSR count). The van der Waals surface area contributed by atoms with Crippen LogP contribution in [0.4, 0.5) is 0 Å². The maximum atomic E-state index is 9.41. The molecule has 0 bridgehead atoms. The summed E-state index contributed by atoms with van der Waals surface area (Å²) in [6, 6.07) is 0. The van der Waals surface area contributed by atoms with E-state index in [1.165, 1.54) is 6.92 Å². The molecule has 4 atom stereocenters. The monoisotopic (exact) mass is 178 g/mol. The van der Waals surface area contributed by atoms with E-state index in [0.29, 0.717) is 0 Å². The van der Waals surface area contributed by atoms with E-state index < -0.39 is 23.9 Å². The number of aliphatic hydroxyl groups excluding tert-OH is 3. The van der Waals surface area contributed by atoms with Gasteiger partial charge in [0, 0.05) is 0 Å². The smallest absolute Gasteiger partial charge is 0.114 e. The first-order valence-electron chi connectivity index (χ1n) is 3.80. The molecule has 0 aliphatic carbocycles. The van der Waals surface area contributed by atoms with Crippen LogP contribution >= 0.6 is 0 Å². The van der Waals surface area contributed by atoms with Crippen molar-refractivity contribution in [1.29, 1.82) is 0 Å². The molecule has 4 N–H and O–H groups in total. The Morgan fingerprint density at radius 2 is 2.08 bits per heavy atom. The van der Waals surface area contributed by atoms with Gasteiger partial charge in [0.15, 0.2) is 0 Å². The normalized spacial score (nSPS) is 49.2. The maximum Gasteiger partial charge on any atom is 0.114 e. The average molecular weight is 178 g/mol. The van der Waals surface area contributed by atoms with Gasteiger partial charge in [0.1, 0.15) is 23.9 Å². The molecular weight excluding hydrogens is 164 g/mol. The van der Waals surface area contributed by atoms with Gasteiger partial charge in [0.2, 0.25) is 0 Å². The van der Waals surface area contributed by atoms with Gasteiger partial charge in [-0.15, -0.1) is 0 Å². The second-order valence-corrected chi connectivity index (χ2v) is 3.32. The fraction of sp³-hybridized carbons (Fsp3) is 1.00. The highest BCUT2D eigenvalue weighted by Gasteiger charge is 2.44. The van der Waals surface area contributed by atoms with Crippen LogP contribution in [0.25, 0.3) is 0 Å². The minimum Gasteiger partial charge on any atom is -0.394 e. The third-order valence-electron chi connectivity index (χ3n) is 2.11. The maximum absolute atomic E-state index is 9.41. The molecule has 1 heterocycles. The van der Waals surface area contributed by atoms with Crippen molar-refractivity contribution in [1.82, 2.24) is 0 Å². The Balaban J connectivity index is 2.65. The van der Waals surface area contributed by atoms with E-state index in [1.54, 1.807) is 0 Å². The first-order valence-corrected chi connectivity index (χ1v) is 3.80. The summed E-state index contributed by atoms with van der Waals surface area (Å²) in [6.45, 7) is 0.916. The molecule has 1 fully saturated rings. The van der Waals surface area contributed by atoms with Gasteiger partial charge in [-0.05, 0) is 6.92 Å². The fourth-order valence-electron chi connectivity index (χ4n) is 1.19. The van der Waals surface area contributed by atoms with E-state index in [4.69, 9.17) is 9.84 Å². The van der Waals surface area contributed by atoms with Crippen LogP contribution in [0.3, 0.4) is 0 Å². The van der Waals surface area contributed by atoms with Gasteiger partial charge in [-0.1, -0.05) is 0 Å². The van der Waals surface area contributed by atoms with Gasteiger partial charge in [-0.2, -0.15) is 0 Å². The Kier molecular flexibility index (Phi) is 2.70. The molecule has 1 aliphatic rings. The first kappa shape index (κ1) is 9.88. The predicted molar refractivity (Wildman–Crippen MR) is 39.5 cm³/mol. The molecule has 0 aromatic rings. The summed E-state index contributed by atoms with van der Waals surface area (Å²) in [6.07, 6.45) is -3.32. The molecule has 5 heteroatoms. The predicted octanol–water partition coefficient (Wildman–Crippen LogP) is -2.15. The van der Waals surface area contributed by atoms with Gasteiger partial charge in [-0.25, -0.2) is 0 Å². The Hall–Kier alpha value is -0.200. The van der Waals surface area contributed by atoms with Crippen LogP contribution in [0.15, 0.2) is 0 Å². The largest absolute Gasteiger partial charge is 0.394 e. The van der Waals surface area contributed by atoms with Crippen molar-refractivity contribution < 1.29 is 25.2 Å². The van der Waals surface area contributed by atoms with E-state index in [1.807, 2.05) is 0 Å². The molecular formula is C7H14O5. The van der Waals surface area contributed by atoms with Gasteiger partial charge in [0.25, 0.3) is 0 Å². The van der Waals surface area contributed by atoms with E-state index in [-0.39, 0.29) is 13.2 Å². The van der Waals surface area contributed by atoms with Crippen LogP contribution in [0, 0.1) is 0 Å². The van der Waals surface area contributed by atoms with Crippen molar-refractivity contribution in [3.63, 3.8) is 0 Å². The molecule has 72 valence electrons. The number of hydrogen-bond acceptors (Lipinski definition) is 5. The molecule has 12 heavy (non-hydrogen) atoms. The Bertz CT molecular complexity index is 158. The zero-order valence-electron chi connectivity index (χ0n) is 6.84. The highest BCUT2D eigenvalue weighted by atomic mass is 16.5. The van der Waals surface area contributed by atoms with Crippen molar-refractivity contribution >= 4 is 0 Å². The van der Waals surface area contributed by atoms with Gasteiger partial charge >= 0.3 is 0 Å². The molecule has 0 amide bonds. The summed E-state index contributed by atoms with van der Waals surface area (Å²) in [7, 11) is 0. The topological polar surface area (TPSA) is 90.2 Å². The molecule has 1 saturated heterocycles. The number of rotatable bonds is 1. The third-order valence-corrected chi connectivity index (χ3v) is 2.11. The van der Waals surface area contributed by atoms with Crippen molar-refractivity contribution in [2.75, 3.05) is 13.2 Å². The second kappa shape index (κ2) is 3.27. The zero-order valence-corrected chi connectivity index (χ0v) is 6.84. The Labute approximate surface area is 70.2 Å². The number of hydrogen-bond donors (Lipinski definition) is 4. The van der Waals surface area contributed by atoms with Gasteiger partial charge < -0.3 is 25.2 Å². The van der Waals surface area contributed by atoms with Crippen LogP contribution < -0.4 is 0 Å². The third kappa shape index (κ3) is 1.60. The lowest BCUT2D eigenvalue weighted by atomic mass is 9.90. The highest BCUT2D eigenvalue weighted by Crippen LogP contribution is 2.23. The summed E-state index contributed by atoms with van der Waals surface area (Å²) in [5, 5.41) is 36.7. The van der Waals surface area contributed by atoms with Crippen LogP contribution in [-0.2, 0) is 4.74 Å². The molecule has 1 unspecified atom stereocenters. The first-order chi connectivity index (χ1) is 5.49. The fourth-order valence-corrected chi connectivity index (χ4v) is 1.19. The van der Waals surface area contributed by atoms with Crippen LogP contribution in [0.2, 0.25) is 0 Å². The van der Waals surface area contributed by atoms with Crippen molar-refractivity contribution in [3.05, 3.63) is 0 Å². The molecule has 0 radical (unpaired) electrons. The minimum absolute atomic E-state index is 0.0869. The van der Waals surface area contributed by atoms with Gasteiger partial charge in [0.05, 0.1) is 13.2 Å². The molecule has 0 spiro atoms. The van der Waals surface area contributed by atoms with Crippen molar-refractivity contribution in [3.8, 4) is 0 Å². The van der Waals surface area contributed by atoms with E-state index in [2.05, 4.69) is 0 Å². The lowest BCUT2D eigenvalue weighted by Gasteiger charge is -2.40. The standard InChI is InChI=1S/C7H14O5/c1-7(11)3-12-4(2-8)5(9)6(7)10/h4-6,8-11H,2-3H2,1H3/t4?,5-,6+,7-/m1/s1. The number of aliphatic hydroxyl groups is 4. The second-order valence-electron chi connectivity index (χ2n) is 3.32. The minimum atomic E-state index is -1.44. The SMILES string of the molecule is C[C@@]1(O)COC(CO)[C@@H](O)[C@@H]1O. The average Bonchev–Trinajstić information content (AvgIpc) is 2.01. The van der Waals surface area contributed by atoms with Crippen molar-refractivity contribution in [2.45, 2.75) is 30.8 Å². The van der Waals surface area contributed by atoms with E-state index >= 15 is 0 Å². The molecule has 1 aliphatic heterocycles. The lowest BCUT2D eigenvalue weighted by Crippen LogP contribution is -2.60. The van der Waals surface area contributed by atoms with Crippen LogP contribution in [-0.4, -0.2) is 57.6 Å². The molecule has 0 aromatic carbocycles. The molecule has 5 nitrogen and oxygen atoms in total. The zero-order chi connectivity index (χ0) is 9.35. The quantitative estimate of drug-likeness (QED) is 0.367.